The molecule has 0 bridgehead atoms. The van der Waals surface area contributed by atoms with E-state index in [1.54, 1.807) is 24.3 Å². The number of carbonyl (C=O) groups is 2. The molecule has 4 aromatic rings. The molecule has 4 rings (SSSR count). The largest absolute Gasteiger partial charge is 0.464 e. The van der Waals surface area contributed by atoms with Gasteiger partial charge in [-0.25, -0.2) is 9.18 Å². The van der Waals surface area contributed by atoms with E-state index in [2.05, 4.69) is 5.32 Å². The van der Waals surface area contributed by atoms with Crippen LogP contribution in [0.5, 0.6) is 0 Å². The Morgan fingerprint density at radius 3 is 2.21 bits per heavy atom. The number of hydrogen-bond donors (Lipinski definition) is 1. The lowest BCUT2D eigenvalue weighted by Crippen LogP contribution is -2.45. The van der Waals surface area contributed by atoms with Gasteiger partial charge in [0.2, 0.25) is 5.91 Å². The molecule has 0 aliphatic heterocycles. The molecule has 7 nitrogen and oxygen atoms in total. The van der Waals surface area contributed by atoms with Gasteiger partial charge in [-0.2, -0.15) is 13.2 Å². The summed E-state index contributed by atoms with van der Waals surface area (Å²) >= 11 is 0. The van der Waals surface area contributed by atoms with Crippen molar-refractivity contribution in [1.29, 1.82) is 0 Å². The maximum Gasteiger partial charge on any atom is 0.416 e. The normalized spacial score (nSPS) is 11.5. The van der Waals surface area contributed by atoms with Gasteiger partial charge in [-0.3, -0.25) is 9.59 Å². The van der Waals surface area contributed by atoms with Crippen LogP contribution in [0.4, 0.5) is 28.0 Å². The second kappa shape index (κ2) is 12.9. The van der Waals surface area contributed by atoms with Gasteiger partial charge in [0, 0.05) is 18.8 Å². The zero-order chi connectivity index (χ0) is 30.4. The lowest BCUT2D eigenvalue weighted by molar-refractivity contribution is -0.137. The molecule has 0 saturated heterocycles. The minimum absolute atomic E-state index is 0.0153. The third kappa shape index (κ3) is 7.74. The molecule has 1 aromatic heterocycles. The number of benzene rings is 3. The molecule has 3 amide bonds. The number of nitrogens with zero attached hydrogens (tertiary/aromatic N) is 2. The fourth-order valence-corrected chi connectivity index (χ4v) is 4.34. The molecule has 0 spiro atoms. The van der Waals surface area contributed by atoms with Gasteiger partial charge in [-0.15, -0.1) is 0 Å². The summed E-state index contributed by atoms with van der Waals surface area (Å²) in [5, 5.41) is 2.90. The van der Waals surface area contributed by atoms with Crippen LogP contribution in [0.1, 0.15) is 30.5 Å². The highest BCUT2D eigenvalue weighted by molar-refractivity contribution is 5.92. The highest BCUT2D eigenvalue weighted by atomic mass is 19.4. The number of rotatable bonds is 9. The molecule has 0 atom stereocenters. The van der Waals surface area contributed by atoms with Crippen LogP contribution >= 0.6 is 0 Å². The molecule has 0 aliphatic rings. The first-order chi connectivity index (χ1) is 19.9. The number of hydrogen-bond acceptors (Lipinski definition) is 4. The zero-order valence-electron chi connectivity index (χ0n) is 23.0. The first kappa shape index (κ1) is 30.3. The van der Waals surface area contributed by atoms with Crippen molar-refractivity contribution in [1.82, 2.24) is 9.80 Å². The lowest BCUT2D eigenvalue weighted by atomic mass is 10.1. The minimum atomic E-state index is -4.52. The van der Waals surface area contributed by atoms with Gasteiger partial charge >= 0.3 is 12.2 Å². The lowest BCUT2D eigenvalue weighted by Gasteiger charge is -2.29. The summed E-state index contributed by atoms with van der Waals surface area (Å²) in [6.45, 7) is 3.35. The molecule has 3 aromatic carbocycles. The van der Waals surface area contributed by atoms with E-state index in [1.807, 2.05) is 13.8 Å². The highest BCUT2D eigenvalue weighted by Crippen LogP contribution is 2.30. The van der Waals surface area contributed by atoms with Crippen LogP contribution in [0.2, 0.25) is 0 Å². The molecule has 0 radical (unpaired) electrons. The van der Waals surface area contributed by atoms with Crippen LogP contribution in [-0.2, 0) is 24.1 Å². The van der Waals surface area contributed by atoms with E-state index in [0.29, 0.717) is 16.5 Å². The zero-order valence-corrected chi connectivity index (χ0v) is 23.0. The molecule has 0 fully saturated rings. The van der Waals surface area contributed by atoms with Crippen molar-refractivity contribution >= 4 is 28.6 Å². The van der Waals surface area contributed by atoms with Gasteiger partial charge in [0.1, 0.15) is 17.9 Å². The summed E-state index contributed by atoms with van der Waals surface area (Å²) in [4.78, 5) is 42.6. The highest BCUT2D eigenvalue weighted by Gasteiger charge is 2.30. The second-order valence-corrected chi connectivity index (χ2v) is 10.2. The topological polar surface area (TPSA) is 82.9 Å². The number of nitrogens with one attached hydrogen (secondary N) is 1. The van der Waals surface area contributed by atoms with Gasteiger partial charge in [0.25, 0.3) is 0 Å². The number of carbonyl (C=O) groups excluding carboxylic acids is 2. The number of alkyl halides is 3. The molecule has 0 aliphatic carbocycles. The molecule has 1 N–H and O–H groups in total. The molecular formula is C31H29F4N3O4. The van der Waals surface area contributed by atoms with Gasteiger partial charge in [0.05, 0.1) is 29.3 Å². The summed E-state index contributed by atoms with van der Waals surface area (Å²) in [7, 11) is 0. The van der Waals surface area contributed by atoms with E-state index >= 15 is 0 Å². The predicted molar refractivity (Wildman–Crippen MR) is 150 cm³/mol. The van der Waals surface area contributed by atoms with E-state index in [9.17, 15) is 31.9 Å². The van der Waals surface area contributed by atoms with E-state index in [4.69, 9.17) is 4.42 Å². The summed E-state index contributed by atoms with van der Waals surface area (Å²) < 4.78 is 57.9. The summed E-state index contributed by atoms with van der Waals surface area (Å²) in [5.74, 6) is -1.00. The van der Waals surface area contributed by atoms with Crippen LogP contribution in [0.25, 0.3) is 11.0 Å². The van der Waals surface area contributed by atoms with E-state index in [0.717, 1.165) is 24.3 Å². The van der Waals surface area contributed by atoms with Crippen molar-refractivity contribution in [2.75, 3.05) is 18.4 Å². The summed E-state index contributed by atoms with van der Waals surface area (Å²) in [6.07, 6.45) is -3.23. The number of fused-ring (bicyclic) bond motifs is 1. The molecule has 220 valence electrons. The van der Waals surface area contributed by atoms with Gasteiger partial charge < -0.3 is 19.5 Å². The Balaban J connectivity index is 1.58. The van der Waals surface area contributed by atoms with Crippen LogP contribution in [-0.4, -0.2) is 34.8 Å². The Kier molecular flexibility index (Phi) is 9.29. The molecule has 1 heterocycles. The van der Waals surface area contributed by atoms with Crippen molar-refractivity contribution in [2.24, 2.45) is 5.92 Å². The number of para-hydroxylation sites is 1. The molecule has 42 heavy (non-hydrogen) atoms. The first-order valence-electron chi connectivity index (χ1n) is 13.2. The standard InChI is InChI=1S/C31H29F4N3O4/c1-20(2)15-38(30(41)36-25-13-9-23(10-14-25)31(33,34)35)18-28(39)37(16-21-7-11-24(32)12-8-21)17-22-19-42-27-6-4-3-5-26(27)29(22)40/h3-14,19-20H,15-18H2,1-2H3,(H,36,41). The quantitative estimate of drug-likeness (QED) is 0.223. The smallest absolute Gasteiger partial charge is 0.416 e. The average molecular weight is 584 g/mol. The maximum atomic E-state index is 13.7. The predicted octanol–water partition coefficient (Wildman–Crippen LogP) is 6.67. The molecular weight excluding hydrogens is 554 g/mol. The first-order valence-corrected chi connectivity index (χ1v) is 13.2. The van der Waals surface area contributed by atoms with E-state index in [-0.39, 0.29) is 48.8 Å². The minimum Gasteiger partial charge on any atom is -0.464 e. The van der Waals surface area contributed by atoms with E-state index in [1.165, 1.54) is 40.3 Å². The Bertz CT molecular complexity index is 1600. The average Bonchev–Trinajstić information content (AvgIpc) is 2.94. The van der Waals surface area contributed by atoms with Crippen molar-refractivity contribution in [3.05, 3.63) is 112 Å². The van der Waals surface area contributed by atoms with Crippen LogP contribution < -0.4 is 10.7 Å². The van der Waals surface area contributed by atoms with Crippen LogP contribution in [0, 0.1) is 11.7 Å². The summed E-state index contributed by atoms with van der Waals surface area (Å²) in [5.41, 5.74) is 0.169. The number of amides is 3. The maximum absolute atomic E-state index is 13.7. The summed E-state index contributed by atoms with van der Waals surface area (Å²) in [6, 6.07) is 15.5. The van der Waals surface area contributed by atoms with Crippen molar-refractivity contribution in [3.63, 3.8) is 0 Å². The van der Waals surface area contributed by atoms with Crippen molar-refractivity contribution in [2.45, 2.75) is 33.1 Å². The van der Waals surface area contributed by atoms with Gasteiger partial charge in [-0.1, -0.05) is 38.1 Å². The monoisotopic (exact) mass is 583 g/mol. The van der Waals surface area contributed by atoms with Gasteiger partial charge in [-0.05, 0) is 60.0 Å². The fourth-order valence-electron chi connectivity index (χ4n) is 4.34. The molecule has 0 unspecified atom stereocenters. The van der Waals surface area contributed by atoms with Crippen molar-refractivity contribution in [3.8, 4) is 0 Å². The SMILES string of the molecule is CC(C)CN(CC(=O)N(Cc1ccc(F)cc1)Cc1coc2ccccc2c1=O)C(=O)Nc1ccc(C(F)(F)F)cc1. The Labute approximate surface area is 239 Å². The fraction of sp³-hybridized carbons (Fsp3) is 0.258. The van der Waals surface area contributed by atoms with Crippen LogP contribution in [0.15, 0.2) is 88.3 Å². The second-order valence-electron chi connectivity index (χ2n) is 10.2. The van der Waals surface area contributed by atoms with Crippen LogP contribution in [0.3, 0.4) is 0 Å². The van der Waals surface area contributed by atoms with Crippen molar-refractivity contribution < 1.29 is 31.6 Å². The van der Waals surface area contributed by atoms with Gasteiger partial charge in [0.15, 0.2) is 5.43 Å². The third-order valence-electron chi connectivity index (χ3n) is 6.41. The third-order valence-corrected chi connectivity index (χ3v) is 6.41. The Morgan fingerprint density at radius 2 is 1.57 bits per heavy atom. The van der Waals surface area contributed by atoms with E-state index < -0.39 is 29.5 Å². The molecule has 0 saturated carbocycles. The number of urea groups is 1. The Morgan fingerprint density at radius 1 is 0.905 bits per heavy atom. The Hall–Kier alpha value is -4.67. The number of anilines is 1. The number of halogens is 4. The molecule has 11 heteroatoms.